The van der Waals surface area contributed by atoms with E-state index >= 15 is 0 Å². The van der Waals surface area contributed by atoms with Crippen LogP contribution in [-0.4, -0.2) is 51.6 Å². The van der Waals surface area contributed by atoms with Crippen LogP contribution in [0.4, 0.5) is 0 Å². The van der Waals surface area contributed by atoms with Crippen molar-refractivity contribution in [1.29, 1.82) is 0 Å². The molecule has 0 spiro atoms. The zero-order valence-electron chi connectivity index (χ0n) is 20.2. The smallest absolute Gasteiger partial charge is 0.0781 e. The fourth-order valence-electron chi connectivity index (χ4n) is 4.91. The fourth-order valence-corrected chi connectivity index (χ4v) is 4.91. The molecule has 4 nitrogen and oxygen atoms in total. The van der Waals surface area contributed by atoms with Crippen molar-refractivity contribution in [3.05, 3.63) is 72.4 Å². The summed E-state index contributed by atoms with van der Waals surface area (Å²) in [6.07, 6.45) is 20.9. The summed E-state index contributed by atoms with van der Waals surface area (Å²) in [4.78, 5) is 0. The molecule has 0 saturated carbocycles. The molecule has 4 heteroatoms. The van der Waals surface area contributed by atoms with Gasteiger partial charge in [-0.25, -0.2) is 0 Å². The first-order chi connectivity index (χ1) is 15.5. The maximum Gasteiger partial charge on any atom is 0.0781 e. The van der Waals surface area contributed by atoms with Crippen LogP contribution in [0.5, 0.6) is 0 Å². The van der Waals surface area contributed by atoms with E-state index in [0.29, 0.717) is 18.6 Å². The Hall–Kier alpha value is -1.72. The van der Waals surface area contributed by atoms with Crippen molar-refractivity contribution in [1.82, 2.24) is 10.6 Å². The molecule has 2 aliphatic carbocycles. The summed E-state index contributed by atoms with van der Waals surface area (Å²) in [6, 6.07) is 0.498. The second-order valence-electron chi connectivity index (χ2n) is 9.45. The van der Waals surface area contributed by atoms with Crippen LogP contribution in [0.2, 0.25) is 0 Å². The number of allylic oxidation sites excluding steroid dienone is 4. The first-order valence-corrected chi connectivity index (χ1v) is 12.1. The highest BCUT2D eigenvalue weighted by atomic mass is 16.5. The van der Waals surface area contributed by atoms with Crippen molar-refractivity contribution in [3.63, 3.8) is 0 Å². The number of likely N-dealkylation sites (N-methyl/N-ethyl adjacent to an activating group) is 1. The average molecular weight is 439 g/mol. The van der Waals surface area contributed by atoms with Crippen molar-refractivity contribution in [2.75, 3.05) is 33.9 Å². The second kappa shape index (κ2) is 11.9. The molecule has 176 valence electrons. The van der Waals surface area contributed by atoms with E-state index in [0.717, 1.165) is 50.8 Å². The van der Waals surface area contributed by atoms with Crippen LogP contribution < -0.4 is 10.6 Å². The van der Waals surface area contributed by atoms with Gasteiger partial charge in [-0.15, -0.1) is 0 Å². The SMILES string of the molecule is C=C(/C=C\C(CCOC)OCC1C=C[C@@H](NC)CC1)C1CNC(C)(C2=CC=CCC2)C1=C. The van der Waals surface area contributed by atoms with Gasteiger partial charge in [0.05, 0.1) is 18.2 Å². The van der Waals surface area contributed by atoms with Crippen LogP contribution in [0.1, 0.15) is 39.0 Å². The van der Waals surface area contributed by atoms with Crippen molar-refractivity contribution < 1.29 is 9.47 Å². The quantitative estimate of drug-likeness (QED) is 0.356. The molecule has 0 aromatic rings. The predicted octanol–water partition coefficient (Wildman–Crippen LogP) is 4.89. The van der Waals surface area contributed by atoms with Crippen molar-refractivity contribution in [2.45, 2.75) is 56.7 Å². The van der Waals surface area contributed by atoms with E-state index in [4.69, 9.17) is 9.47 Å². The molecule has 1 saturated heterocycles. The molecule has 3 aliphatic rings. The molecule has 3 rings (SSSR count). The molecule has 0 aromatic heterocycles. The van der Waals surface area contributed by atoms with Gasteiger partial charge in [-0.3, -0.25) is 0 Å². The zero-order valence-corrected chi connectivity index (χ0v) is 20.2. The Kier molecular flexibility index (Phi) is 9.30. The van der Waals surface area contributed by atoms with E-state index < -0.39 is 0 Å². The Labute approximate surface area is 195 Å². The van der Waals surface area contributed by atoms with E-state index in [1.54, 1.807) is 7.11 Å². The molecule has 32 heavy (non-hydrogen) atoms. The highest BCUT2D eigenvalue weighted by molar-refractivity contribution is 5.45. The van der Waals surface area contributed by atoms with Crippen LogP contribution in [0.25, 0.3) is 0 Å². The lowest BCUT2D eigenvalue weighted by molar-refractivity contribution is 0.0416. The summed E-state index contributed by atoms with van der Waals surface area (Å²) in [5, 5.41) is 7.04. The molecule has 4 unspecified atom stereocenters. The first-order valence-electron chi connectivity index (χ1n) is 12.1. The van der Waals surface area contributed by atoms with Gasteiger partial charge in [0.25, 0.3) is 0 Å². The molecule has 0 radical (unpaired) electrons. The highest BCUT2D eigenvalue weighted by Gasteiger charge is 2.41. The van der Waals surface area contributed by atoms with Crippen molar-refractivity contribution in [3.8, 4) is 0 Å². The summed E-state index contributed by atoms with van der Waals surface area (Å²) < 4.78 is 11.6. The molecule has 0 aromatic carbocycles. The highest BCUT2D eigenvalue weighted by Crippen LogP contribution is 2.40. The van der Waals surface area contributed by atoms with E-state index in [9.17, 15) is 0 Å². The zero-order chi connectivity index (χ0) is 23.0. The minimum Gasteiger partial charge on any atom is -0.385 e. The van der Waals surface area contributed by atoms with Gasteiger partial charge in [0, 0.05) is 44.6 Å². The number of nitrogens with one attached hydrogen (secondary N) is 2. The number of ether oxygens (including phenoxy) is 2. The first kappa shape index (κ1) is 24.9. The maximum absolute atomic E-state index is 6.29. The van der Waals surface area contributed by atoms with Crippen molar-refractivity contribution in [2.24, 2.45) is 11.8 Å². The lowest BCUT2D eigenvalue weighted by Gasteiger charge is -2.31. The van der Waals surface area contributed by atoms with E-state index in [1.165, 1.54) is 11.1 Å². The summed E-state index contributed by atoms with van der Waals surface area (Å²) in [5.74, 6) is 0.726. The Bertz CT molecular complexity index is 778. The van der Waals surface area contributed by atoms with Crippen LogP contribution in [0, 0.1) is 11.8 Å². The third kappa shape index (κ3) is 6.20. The van der Waals surface area contributed by atoms with E-state index in [2.05, 4.69) is 73.2 Å². The van der Waals surface area contributed by atoms with E-state index in [1.807, 2.05) is 7.05 Å². The number of hydrogen-bond acceptors (Lipinski definition) is 4. The molecule has 0 bridgehead atoms. The van der Waals surface area contributed by atoms with E-state index in [-0.39, 0.29) is 17.6 Å². The van der Waals surface area contributed by atoms with Gasteiger partial charge >= 0.3 is 0 Å². The van der Waals surface area contributed by atoms with Gasteiger partial charge in [0.1, 0.15) is 0 Å². The molecule has 1 heterocycles. The van der Waals surface area contributed by atoms with Gasteiger partial charge in [-0.05, 0) is 56.4 Å². The molecular weight excluding hydrogens is 396 g/mol. The summed E-state index contributed by atoms with van der Waals surface area (Å²) in [5.41, 5.74) is 3.59. The fraction of sp³-hybridized carbons (Fsp3) is 0.571. The van der Waals surface area contributed by atoms with Crippen LogP contribution in [-0.2, 0) is 9.47 Å². The number of rotatable bonds is 11. The monoisotopic (exact) mass is 438 g/mol. The Morgan fingerprint density at radius 2 is 2.22 bits per heavy atom. The van der Waals surface area contributed by atoms with Gasteiger partial charge in [0.15, 0.2) is 0 Å². The maximum atomic E-state index is 6.29. The lowest BCUT2D eigenvalue weighted by atomic mass is 9.78. The Morgan fingerprint density at radius 3 is 2.88 bits per heavy atom. The topological polar surface area (TPSA) is 42.5 Å². The molecule has 1 fully saturated rings. The molecular formula is C28H42N2O2. The minimum atomic E-state index is -0.142. The van der Waals surface area contributed by atoms with Crippen LogP contribution >= 0.6 is 0 Å². The molecule has 0 amide bonds. The van der Waals surface area contributed by atoms with Crippen molar-refractivity contribution >= 4 is 0 Å². The molecule has 2 N–H and O–H groups in total. The van der Waals surface area contributed by atoms with Gasteiger partial charge in [-0.2, -0.15) is 0 Å². The van der Waals surface area contributed by atoms with Gasteiger partial charge in [0.2, 0.25) is 0 Å². The Morgan fingerprint density at radius 1 is 1.38 bits per heavy atom. The minimum absolute atomic E-state index is 0.0299. The summed E-state index contributed by atoms with van der Waals surface area (Å²) in [7, 11) is 3.76. The Balaban J connectivity index is 1.57. The van der Waals surface area contributed by atoms with Crippen LogP contribution in [0.3, 0.4) is 0 Å². The summed E-state index contributed by atoms with van der Waals surface area (Å²) in [6.45, 7) is 13.4. The predicted molar refractivity (Wildman–Crippen MR) is 135 cm³/mol. The molecule has 5 atom stereocenters. The third-order valence-electron chi connectivity index (χ3n) is 7.32. The number of hydrogen-bond donors (Lipinski definition) is 2. The second-order valence-corrected chi connectivity index (χ2v) is 9.45. The van der Waals surface area contributed by atoms with Gasteiger partial charge in [-0.1, -0.05) is 55.7 Å². The molecule has 1 aliphatic heterocycles. The lowest BCUT2D eigenvalue weighted by Crippen LogP contribution is -2.39. The standard InChI is InChI=1S/C28H42N2O2/c1-21(27-19-30-28(3,22(27)2)24-9-7-6-8-10-24)11-16-26(17-18-31-5)32-20-23-12-14-25(29-4)15-13-23/h6-7,9,11-12,14,16,23,25-27,29-30H,1-2,8,10,13,15,17-20H2,3-5H3/b16-11-/t23?,25-,26?,27?,28?/m1/s1. The third-order valence-corrected chi connectivity index (χ3v) is 7.32. The van der Waals surface area contributed by atoms with Crippen LogP contribution in [0.15, 0.2) is 72.4 Å². The summed E-state index contributed by atoms with van der Waals surface area (Å²) >= 11 is 0. The average Bonchev–Trinajstić information content (AvgIpc) is 3.14. The largest absolute Gasteiger partial charge is 0.385 e. The normalized spacial score (nSPS) is 31.3. The van der Waals surface area contributed by atoms with Gasteiger partial charge < -0.3 is 20.1 Å². The number of methoxy groups -OCH3 is 1.